The summed E-state index contributed by atoms with van der Waals surface area (Å²) in [6.45, 7) is 4.07. The van der Waals surface area contributed by atoms with Crippen LogP contribution in [0.4, 0.5) is 0 Å². The van der Waals surface area contributed by atoms with Crippen LogP contribution in [0.3, 0.4) is 0 Å². The third kappa shape index (κ3) is 41.7. The number of aliphatic hydroxyl groups excluding tert-OH is 3. The number of nitrogens with one attached hydrogen (secondary N) is 1. The SMILES string of the molecule is CC/C=C/CC/C=C/CC/C=C/C(O)C(CO)NC(=O)CC(O)CCCCCCCCCCCCCCCCC/C=C\C/C=C\CCCCCCCCCCC. The quantitative estimate of drug-likeness (QED) is 0.0366. The van der Waals surface area contributed by atoms with Crippen LogP contribution in [-0.4, -0.2) is 46.1 Å². The van der Waals surface area contributed by atoms with Gasteiger partial charge < -0.3 is 20.6 Å². The van der Waals surface area contributed by atoms with Crippen molar-refractivity contribution in [2.45, 2.75) is 250 Å². The van der Waals surface area contributed by atoms with E-state index in [1.165, 1.54) is 154 Å². The predicted octanol–water partition coefficient (Wildman–Crippen LogP) is 14.3. The van der Waals surface area contributed by atoms with Crippen LogP contribution in [0.25, 0.3) is 0 Å². The van der Waals surface area contributed by atoms with Gasteiger partial charge in [-0.2, -0.15) is 0 Å². The average Bonchev–Trinajstić information content (AvgIpc) is 3.19. The Morgan fingerprint density at radius 1 is 0.482 bits per heavy atom. The molecule has 5 heteroatoms. The first kappa shape index (κ1) is 54.0. The second-order valence-electron chi connectivity index (χ2n) is 16.3. The summed E-state index contributed by atoms with van der Waals surface area (Å²) >= 11 is 0. The monoisotopic (exact) mass is 784 g/mol. The molecule has 56 heavy (non-hydrogen) atoms. The summed E-state index contributed by atoms with van der Waals surface area (Å²) in [5, 5.41) is 33.1. The third-order valence-corrected chi connectivity index (χ3v) is 10.8. The van der Waals surface area contributed by atoms with Crippen LogP contribution in [0.2, 0.25) is 0 Å². The van der Waals surface area contributed by atoms with Crippen LogP contribution < -0.4 is 5.32 Å². The molecule has 0 aromatic carbocycles. The van der Waals surface area contributed by atoms with Gasteiger partial charge in [0.1, 0.15) is 0 Å². The normalized spacial score (nSPS) is 14.0. The van der Waals surface area contributed by atoms with Crippen molar-refractivity contribution in [3.63, 3.8) is 0 Å². The van der Waals surface area contributed by atoms with Crippen molar-refractivity contribution in [1.82, 2.24) is 5.32 Å². The van der Waals surface area contributed by atoms with Crippen LogP contribution in [0.5, 0.6) is 0 Å². The fraction of sp³-hybridized carbons (Fsp3) is 0.784. The molecule has 0 aliphatic heterocycles. The van der Waals surface area contributed by atoms with Crippen LogP contribution in [0.15, 0.2) is 60.8 Å². The molecule has 0 bridgehead atoms. The van der Waals surface area contributed by atoms with Crippen LogP contribution in [0, 0.1) is 0 Å². The maximum absolute atomic E-state index is 12.4. The number of allylic oxidation sites excluding steroid dienone is 9. The van der Waals surface area contributed by atoms with E-state index in [4.69, 9.17) is 0 Å². The molecule has 3 unspecified atom stereocenters. The van der Waals surface area contributed by atoms with Gasteiger partial charge in [0, 0.05) is 0 Å². The van der Waals surface area contributed by atoms with E-state index in [1.807, 2.05) is 6.08 Å². The molecule has 0 fully saturated rings. The van der Waals surface area contributed by atoms with E-state index in [0.717, 1.165) is 51.4 Å². The van der Waals surface area contributed by atoms with Gasteiger partial charge in [0.15, 0.2) is 0 Å². The zero-order valence-electron chi connectivity index (χ0n) is 37.0. The smallest absolute Gasteiger partial charge is 0.222 e. The van der Waals surface area contributed by atoms with Crippen LogP contribution >= 0.6 is 0 Å². The number of carbonyl (C=O) groups is 1. The van der Waals surface area contributed by atoms with Gasteiger partial charge in [-0.15, -0.1) is 0 Å². The molecule has 0 aliphatic rings. The van der Waals surface area contributed by atoms with Crippen molar-refractivity contribution in [2.24, 2.45) is 0 Å². The lowest BCUT2D eigenvalue weighted by Gasteiger charge is -2.21. The molecule has 0 aromatic rings. The Kier molecular flexibility index (Phi) is 44.2. The topological polar surface area (TPSA) is 89.8 Å². The van der Waals surface area contributed by atoms with Gasteiger partial charge in [0.2, 0.25) is 5.91 Å². The fourth-order valence-electron chi connectivity index (χ4n) is 7.12. The number of hydrogen-bond acceptors (Lipinski definition) is 4. The van der Waals surface area contributed by atoms with Crippen molar-refractivity contribution in [3.8, 4) is 0 Å². The highest BCUT2D eigenvalue weighted by atomic mass is 16.3. The maximum Gasteiger partial charge on any atom is 0.222 e. The summed E-state index contributed by atoms with van der Waals surface area (Å²) in [6, 6.07) is -0.767. The molecular formula is C51H93NO4. The zero-order valence-corrected chi connectivity index (χ0v) is 37.0. The first-order chi connectivity index (χ1) is 27.5. The fourth-order valence-corrected chi connectivity index (χ4v) is 7.12. The average molecular weight is 784 g/mol. The molecule has 0 saturated carbocycles. The van der Waals surface area contributed by atoms with E-state index in [1.54, 1.807) is 6.08 Å². The van der Waals surface area contributed by atoms with Gasteiger partial charge in [-0.25, -0.2) is 0 Å². The molecule has 0 heterocycles. The van der Waals surface area contributed by atoms with Crippen molar-refractivity contribution in [3.05, 3.63) is 60.8 Å². The number of hydrogen-bond donors (Lipinski definition) is 4. The second-order valence-corrected chi connectivity index (χ2v) is 16.3. The molecule has 0 aliphatic carbocycles. The van der Waals surface area contributed by atoms with E-state index < -0.39 is 18.2 Å². The molecule has 0 rings (SSSR count). The van der Waals surface area contributed by atoms with Gasteiger partial charge in [0.25, 0.3) is 0 Å². The molecule has 3 atom stereocenters. The summed E-state index contributed by atoms with van der Waals surface area (Å²) in [7, 11) is 0. The first-order valence-electron chi connectivity index (χ1n) is 24.1. The number of aliphatic hydroxyl groups is 3. The second kappa shape index (κ2) is 45.7. The number of rotatable bonds is 43. The van der Waals surface area contributed by atoms with Gasteiger partial charge in [0.05, 0.1) is 31.3 Å². The summed E-state index contributed by atoms with van der Waals surface area (Å²) in [6.07, 6.45) is 61.2. The number of amides is 1. The summed E-state index contributed by atoms with van der Waals surface area (Å²) in [5.41, 5.74) is 0. The Balaban J connectivity index is 3.54. The minimum atomic E-state index is -0.959. The maximum atomic E-state index is 12.4. The van der Waals surface area contributed by atoms with Gasteiger partial charge in [-0.05, 0) is 70.6 Å². The van der Waals surface area contributed by atoms with Gasteiger partial charge in [-0.3, -0.25) is 4.79 Å². The molecule has 4 N–H and O–H groups in total. The lowest BCUT2D eigenvalue weighted by atomic mass is 10.0. The van der Waals surface area contributed by atoms with Crippen molar-refractivity contribution in [2.75, 3.05) is 6.61 Å². The highest BCUT2D eigenvalue weighted by Crippen LogP contribution is 2.16. The number of carbonyl (C=O) groups excluding carboxylic acids is 1. The Labute approximate surface area is 348 Å². The summed E-state index contributed by atoms with van der Waals surface area (Å²) < 4.78 is 0. The Morgan fingerprint density at radius 2 is 0.875 bits per heavy atom. The molecule has 326 valence electrons. The largest absolute Gasteiger partial charge is 0.394 e. The molecule has 0 saturated heterocycles. The Hall–Kier alpha value is -1.95. The van der Waals surface area contributed by atoms with E-state index in [0.29, 0.717) is 6.42 Å². The zero-order chi connectivity index (χ0) is 40.8. The Morgan fingerprint density at radius 3 is 1.32 bits per heavy atom. The van der Waals surface area contributed by atoms with Crippen molar-refractivity contribution >= 4 is 5.91 Å². The summed E-state index contributed by atoms with van der Waals surface area (Å²) in [5.74, 6) is -0.333. The minimum absolute atomic E-state index is 0.000527. The van der Waals surface area contributed by atoms with Crippen LogP contribution in [-0.2, 0) is 4.79 Å². The van der Waals surface area contributed by atoms with Crippen molar-refractivity contribution in [1.29, 1.82) is 0 Å². The summed E-state index contributed by atoms with van der Waals surface area (Å²) in [4.78, 5) is 12.4. The first-order valence-corrected chi connectivity index (χ1v) is 24.1. The molecule has 1 amide bonds. The lowest BCUT2D eigenvalue weighted by molar-refractivity contribution is -0.124. The Bertz CT molecular complexity index is 954. The van der Waals surface area contributed by atoms with E-state index in [2.05, 4.69) is 67.8 Å². The van der Waals surface area contributed by atoms with Gasteiger partial charge in [-0.1, -0.05) is 216 Å². The van der Waals surface area contributed by atoms with E-state index >= 15 is 0 Å². The molecule has 0 spiro atoms. The highest BCUT2D eigenvalue weighted by molar-refractivity contribution is 5.76. The third-order valence-electron chi connectivity index (χ3n) is 10.8. The molecular weight excluding hydrogens is 691 g/mol. The minimum Gasteiger partial charge on any atom is -0.394 e. The standard InChI is InChI=1S/C51H93NO4/c1-3-5-7-9-11-13-15-16-17-18-19-20-21-22-23-24-25-26-27-28-29-30-31-32-33-34-35-36-38-40-42-44-48(54)46-51(56)52-49(47-53)50(55)45-43-41-39-37-14-12-10-8-6-4-2/h6,8,14,19-20,22-23,37,43,45,48-50,53-55H,3-5,7,9-13,15-18,21,24-36,38-42,44,46-47H2,1-2H3,(H,52,56)/b8-6+,20-19-,23-22-,37-14+,45-43+. The lowest BCUT2D eigenvalue weighted by Crippen LogP contribution is -2.45. The molecule has 0 radical (unpaired) electrons. The van der Waals surface area contributed by atoms with E-state index in [9.17, 15) is 20.1 Å². The highest BCUT2D eigenvalue weighted by Gasteiger charge is 2.20. The molecule has 5 nitrogen and oxygen atoms in total. The van der Waals surface area contributed by atoms with Crippen LogP contribution in [0.1, 0.15) is 232 Å². The molecule has 0 aromatic heterocycles. The number of unbranched alkanes of at least 4 members (excludes halogenated alkanes) is 26. The van der Waals surface area contributed by atoms with E-state index in [-0.39, 0.29) is 18.9 Å². The predicted molar refractivity (Wildman–Crippen MR) is 245 cm³/mol. The van der Waals surface area contributed by atoms with Gasteiger partial charge >= 0.3 is 0 Å². The van der Waals surface area contributed by atoms with Crippen molar-refractivity contribution < 1.29 is 20.1 Å².